The van der Waals surface area contributed by atoms with Crippen molar-refractivity contribution in [2.24, 2.45) is 13.0 Å². The Hall–Kier alpha value is -1.03. The van der Waals surface area contributed by atoms with Crippen molar-refractivity contribution in [1.29, 1.82) is 0 Å². The van der Waals surface area contributed by atoms with Crippen LogP contribution in [0.3, 0.4) is 0 Å². The zero-order valence-electron chi connectivity index (χ0n) is 9.32. The molecule has 1 amide bonds. The normalized spacial score (nSPS) is 24.6. The van der Waals surface area contributed by atoms with E-state index in [0.717, 1.165) is 19.3 Å². The summed E-state index contributed by atoms with van der Waals surface area (Å²) in [4.78, 5) is 11.9. The van der Waals surface area contributed by atoms with Crippen molar-refractivity contribution in [3.05, 3.63) is 18.0 Å². The Kier molecular flexibility index (Phi) is 3.49. The van der Waals surface area contributed by atoms with Crippen LogP contribution in [0, 0.1) is 5.92 Å². The van der Waals surface area contributed by atoms with Crippen LogP contribution in [0.15, 0.2) is 12.3 Å². The van der Waals surface area contributed by atoms with Gasteiger partial charge in [-0.1, -0.05) is 6.42 Å². The van der Waals surface area contributed by atoms with Crippen LogP contribution in [0.1, 0.15) is 29.8 Å². The van der Waals surface area contributed by atoms with Crippen molar-refractivity contribution >= 4 is 17.5 Å². The van der Waals surface area contributed by atoms with Gasteiger partial charge in [0, 0.05) is 25.2 Å². The van der Waals surface area contributed by atoms with Gasteiger partial charge in [0.1, 0.15) is 5.69 Å². The summed E-state index contributed by atoms with van der Waals surface area (Å²) in [6.07, 6.45) is 4.91. The molecule has 1 fully saturated rings. The molecule has 2 unspecified atom stereocenters. The highest BCUT2D eigenvalue weighted by Crippen LogP contribution is 2.26. The molecule has 0 bridgehead atoms. The Morgan fingerprint density at radius 3 is 3.12 bits per heavy atom. The number of aryl methyl sites for hydroxylation is 1. The number of nitrogens with one attached hydrogen (secondary N) is 1. The molecule has 0 aromatic carbocycles. The van der Waals surface area contributed by atoms with Gasteiger partial charge in [-0.05, 0) is 24.8 Å². The fraction of sp³-hybridized carbons (Fsp3) is 0.636. The summed E-state index contributed by atoms with van der Waals surface area (Å²) in [5, 5.41) is 7.02. The van der Waals surface area contributed by atoms with Gasteiger partial charge in [0.2, 0.25) is 0 Å². The van der Waals surface area contributed by atoms with Crippen LogP contribution in [-0.4, -0.2) is 27.6 Å². The summed E-state index contributed by atoms with van der Waals surface area (Å²) in [7, 11) is 1.77. The van der Waals surface area contributed by atoms with Crippen LogP contribution < -0.4 is 5.32 Å². The standard InChI is InChI=1S/C11H16ClN3O/c1-15-10(5-6-13-15)11(16)14-9-4-2-3-8(9)7-12/h5-6,8-9H,2-4,7H2,1H3,(H,14,16). The Labute approximate surface area is 100.0 Å². The number of aromatic nitrogens is 2. The second-order valence-corrected chi connectivity index (χ2v) is 4.57. The Bertz CT molecular complexity index is 377. The predicted molar refractivity (Wildman–Crippen MR) is 62.5 cm³/mol. The van der Waals surface area contributed by atoms with E-state index >= 15 is 0 Å². The summed E-state index contributed by atoms with van der Waals surface area (Å²) in [6.45, 7) is 0. The highest BCUT2D eigenvalue weighted by molar-refractivity contribution is 6.18. The van der Waals surface area contributed by atoms with E-state index in [0.29, 0.717) is 17.5 Å². The summed E-state index contributed by atoms with van der Waals surface area (Å²) in [6, 6.07) is 1.94. The molecule has 0 saturated heterocycles. The van der Waals surface area contributed by atoms with Crippen LogP contribution in [-0.2, 0) is 7.05 Å². The monoisotopic (exact) mass is 241 g/mol. The van der Waals surface area contributed by atoms with E-state index in [-0.39, 0.29) is 11.9 Å². The molecule has 0 radical (unpaired) electrons. The summed E-state index contributed by atoms with van der Waals surface area (Å²) in [5.41, 5.74) is 0.597. The van der Waals surface area contributed by atoms with Crippen molar-refractivity contribution < 1.29 is 4.79 Å². The van der Waals surface area contributed by atoms with Crippen LogP contribution >= 0.6 is 11.6 Å². The first-order chi connectivity index (χ1) is 7.72. The molecule has 1 aromatic heterocycles. The van der Waals surface area contributed by atoms with Gasteiger partial charge < -0.3 is 5.32 Å². The molecule has 5 heteroatoms. The molecule has 1 N–H and O–H groups in total. The highest BCUT2D eigenvalue weighted by atomic mass is 35.5. The lowest BCUT2D eigenvalue weighted by atomic mass is 10.1. The van der Waals surface area contributed by atoms with Gasteiger partial charge in [0.15, 0.2) is 0 Å². The number of hydrogen-bond acceptors (Lipinski definition) is 2. The Balaban J connectivity index is 2.00. The predicted octanol–water partition coefficient (Wildman–Crippen LogP) is 1.56. The topological polar surface area (TPSA) is 46.9 Å². The lowest BCUT2D eigenvalue weighted by molar-refractivity contribution is 0.0920. The third kappa shape index (κ3) is 2.21. The van der Waals surface area contributed by atoms with E-state index < -0.39 is 0 Å². The molecule has 1 heterocycles. The van der Waals surface area contributed by atoms with Crippen molar-refractivity contribution in [1.82, 2.24) is 15.1 Å². The first-order valence-electron chi connectivity index (χ1n) is 5.57. The minimum Gasteiger partial charge on any atom is -0.348 e. The molecule has 88 valence electrons. The highest BCUT2D eigenvalue weighted by Gasteiger charge is 2.28. The van der Waals surface area contributed by atoms with E-state index in [9.17, 15) is 4.79 Å². The Morgan fingerprint density at radius 1 is 1.69 bits per heavy atom. The van der Waals surface area contributed by atoms with Gasteiger partial charge in [-0.25, -0.2) is 0 Å². The third-order valence-electron chi connectivity index (χ3n) is 3.23. The second kappa shape index (κ2) is 4.87. The molecule has 16 heavy (non-hydrogen) atoms. The zero-order chi connectivity index (χ0) is 11.5. The number of carbonyl (C=O) groups excluding carboxylic acids is 1. The number of hydrogen-bond donors (Lipinski definition) is 1. The number of rotatable bonds is 3. The van der Waals surface area contributed by atoms with Gasteiger partial charge >= 0.3 is 0 Å². The second-order valence-electron chi connectivity index (χ2n) is 4.27. The van der Waals surface area contributed by atoms with Crippen molar-refractivity contribution in [3.8, 4) is 0 Å². The maximum absolute atomic E-state index is 11.9. The minimum atomic E-state index is -0.0537. The lowest BCUT2D eigenvalue weighted by Crippen LogP contribution is -2.38. The first kappa shape index (κ1) is 11.5. The van der Waals surface area contributed by atoms with E-state index in [1.165, 1.54) is 0 Å². The van der Waals surface area contributed by atoms with Crippen molar-refractivity contribution in [3.63, 3.8) is 0 Å². The third-order valence-corrected chi connectivity index (χ3v) is 3.62. The summed E-state index contributed by atoms with van der Waals surface area (Å²) < 4.78 is 1.58. The fourth-order valence-corrected chi connectivity index (χ4v) is 2.62. The fourth-order valence-electron chi connectivity index (χ4n) is 2.25. The van der Waals surface area contributed by atoms with E-state index in [2.05, 4.69) is 10.4 Å². The average Bonchev–Trinajstić information content (AvgIpc) is 2.86. The lowest BCUT2D eigenvalue weighted by Gasteiger charge is -2.18. The molecule has 2 rings (SSSR count). The number of carbonyl (C=O) groups is 1. The molecule has 0 spiro atoms. The van der Waals surface area contributed by atoms with Crippen LogP contribution in [0.25, 0.3) is 0 Å². The van der Waals surface area contributed by atoms with Gasteiger partial charge in [0.25, 0.3) is 5.91 Å². The van der Waals surface area contributed by atoms with Crippen LogP contribution in [0.4, 0.5) is 0 Å². The van der Waals surface area contributed by atoms with Gasteiger partial charge in [-0.15, -0.1) is 11.6 Å². The number of alkyl halides is 1. The quantitative estimate of drug-likeness (QED) is 0.817. The molecule has 1 aromatic rings. The summed E-state index contributed by atoms with van der Waals surface area (Å²) in [5.74, 6) is 0.983. The van der Waals surface area contributed by atoms with E-state index in [4.69, 9.17) is 11.6 Å². The molecule has 0 aliphatic heterocycles. The largest absolute Gasteiger partial charge is 0.348 e. The molecular formula is C11H16ClN3O. The molecular weight excluding hydrogens is 226 g/mol. The van der Waals surface area contributed by atoms with Crippen molar-refractivity contribution in [2.75, 3.05) is 5.88 Å². The minimum absolute atomic E-state index is 0.0537. The van der Waals surface area contributed by atoms with Gasteiger partial charge in [0.05, 0.1) is 0 Å². The SMILES string of the molecule is Cn1nccc1C(=O)NC1CCCC1CCl. The number of halogens is 1. The van der Waals surface area contributed by atoms with E-state index in [1.54, 1.807) is 24.0 Å². The molecule has 1 aliphatic carbocycles. The average molecular weight is 242 g/mol. The Morgan fingerprint density at radius 2 is 2.50 bits per heavy atom. The van der Waals surface area contributed by atoms with E-state index in [1.807, 2.05) is 0 Å². The first-order valence-corrected chi connectivity index (χ1v) is 6.10. The molecule has 1 saturated carbocycles. The molecule has 4 nitrogen and oxygen atoms in total. The summed E-state index contributed by atoms with van der Waals surface area (Å²) >= 11 is 5.87. The number of amides is 1. The van der Waals surface area contributed by atoms with Gasteiger partial charge in [-0.3, -0.25) is 9.48 Å². The maximum Gasteiger partial charge on any atom is 0.269 e. The van der Waals surface area contributed by atoms with Crippen LogP contribution in [0.5, 0.6) is 0 Å². The maximum atomic E-state index is 11.9. The number of nitrogens with zero attached hydrogens (tertiary/aromatic N) is 2. The molecule has 1 aliphatic rings. The smallest absolute Gasteiger partial charge is 0.269 e. The van der Waals surface area contributed by atoms with Gasteiger partial charge in [-0.2, -0.15) is 5.10 Å². The molecule has 2 atom stereocenters. The van der Waals surface area contributed by atoms with Crippen molar-refractivity contribution in [2.45, 2.75) is 25.3 Å². The van der Waals surface area contributed by atoms with Crippen LogP contribution in [0.2, 0.25) is 0 Å². The zero-order valence-corrected chi connectivity index (χ0v) is 10.1.